The van der Waals surface area contributed by atoms with E-state index in [0.29, 0.717) is 12.1 Å². The van der Waals surface area contributed by atoms with Crippen molar-refractivity contribution in [3.05, 3.63) is 54.6 Å². The topological polar surface area (TPSA) is 78.4 Å². The molecule has 2 rings (SSSR count). The standard InChI is InChI=1S/C18H20N2O3S/c1-2-16(18(23)20-14-8-10-15(21)11-9-14)24-12-17(22)19-13-6-4-3-5-7-13/h3-11,16,21H,2,12H2,1H3,(H,19,22)(H,20,23). The number of benzene rings is 2. The fourth-order valence-corrected chi connectivity index (χ4v) is 2.91. The molecule has 0 saturated heterocycles. The van der Waals surface area contributed by atoms with E-state index >= 15 is 0 Å². The van der Waals surface area contributed by atoms with Gasteiger partial charge >= 0.3 is 0 Å². The van der Waals surface area contributed by atoms with Gasteiger partial charge in [0.25, 0.3) is 0 Å². The summed E-state index contributed by atoms with van der Waals surface area (Å²) in [4.78, 5) is 24.2. The SMILES string of the molecule is CCC(SCC(=O)Nc1ccccc1)C(=O)Nc1ccc(O)cc1. The van der Waals surface area contributed by atoms with Crippen LogP contribution in [0.4, 0.5) is 11.4 Å². The molecule has 0 radical (unpaired) electrons. The van der Waals surface area contributed by atoms with Crippen molar-refractivity contribution >= 4 is 35.0 Å². The number of aromatic hydroxyl groups is 1. The maximum Gasteiger partial charge on any atom is 0.237 e. The largest absolute Gasteiger partial charge is 0.508 e. The highest BCUT2D eigenvalue weighted by Crippen LogP contribution is 2.19. The third kappa shape index (κ3) is 5.62. The third-order valence-electron chi connectivity index (χ3n) is 3.27. The van der Waals surface area contributed by atoms with Gasteiger partial charge in [0, 0.05) is 11.4 Å². The second kappa shape index (κ2) is 8.98. The molecule has 2 aromatic carbocycles. The first-order valence-corrected chi connectivity index (χ1v) is 8.69. The van der Waals surface area contributed by atoms with Gasteiger partial charge in [-0.2, -0.15) is 0 Å². The van der Waals surface area contributed by atoms with Gasteiger partial charge in [-0.05, 0) is 42.8 Å². The molecule has 0 aliphatic carbocycles. The smallest absolute Gasteiger partial charge is 0.237 e. The van der Waals surface area contributed by atoms with E-state index < -0.39 is 0 Å². The Kier molecular flexibility index (Phi) is 6.69. The van der Waals surface area contributed by atoms with Crippen molar-refractivity contribution in [1.82, 2.24) is 0 Å². The molecule has 6 heteroatoms. The Labute approximate surface area is 145 Å². The molecule has 0 heterocycles. The summed E-state index contributed by atoms with van der Waals surface area (Å²) < 4.78 is 0. The van der Waals surface area contributed by atoms with Crippen LogP contribution in [0.15, 0.2) is 54.6 Å². The first kappa shape index (κ1) is 17.9. The van der Waals surface area contributed by atoms with Crippen LogP contribution >= 0.6 is 11.8 Å². The molecule has 3 N–H and O–H groups in total. The van der Waals surface area contributed by atoms with Crippen LogP contribution in [-0.4, -0.2) is 27.9 Å². The number of phenolic OH excluding ortho intramolecular Hbond substituents is 1. The molecule has 0 aliphatic rings. The molecule has 0 saturated carbocycles. The monoisotopic (exact) mass is 344 g/mol. The van der Waals surface area contributed by atoms with Gasteiger partial charge in [-0.25, -0.2) is 0 Å². The first-order chi connectivity index (χ1) is 11.6. The zero-order valence-corrected chi connectivity index (χ0v) is 14.2. The number of para-hydroxylation sites is 1. The lowest BCUT2D eigenvalue weighted by Gasteiger charge is -2.14. The number of hydrogen-bond acceptors (Lipinski definition) is 4. The van der Waals surface area contributed by atoms with E-state index in [4.69, 9.17) is 0 Å². The lowest BCUT2D eigenvalue weighted by Crippen LogP contribution is -2.26. The van der Waals surface area contributed by atoms with E-state index in [1.54, 1.807) is 12.1 Å². The van der Waals surface area contributed by atoms with Gasteiger partial charge in [0.05, 0.1) is 11.0 Å². The van der Waals surface area contributed by atoms with Crippen molar-refractivity contribution in [1.29, 1.82) is 0 Å². The predicted molar refractivity (Wildman–Crippen MR) is 98.3 cm³/mol. The van der Waals surface area contributed by atoms with Gasteiger partial charge in [-0.15, -0.1) is 11.8 Å². The molecule has 5 nitrogen and oxygen atoms in total. The molecular formula is C18H20N2O3S. The quantitative estimate of drug-likeness (QED) is 0.672. The summed E-state index contributed by atoms with van der Waals surface area (Å²) in [6, 6.07) is 15.5. The molecule has 1 atom stereocenters. The van der Waals surface area contributed by atoms with Crippen molar-refractivity contribution in [3.63, 3.8) is 0 Å². The Bertz CT molecular complexity index is 674. The molecule has 0 aliphatic heterocycles. The number of thioether (sulfide) groups is 1. The Morgan fingerprint density at radius 3 is 2.25 bits per heavy atom. The molecule has 2 aromatic rings. The zero-order chi connectivity index (χ0) is 17.4. The molecule has 0 bridgehead atoms. The summed E-state index contributed by atoms with van der Waals surface area (Å²) in [7, 11) is 0. The van der Waals surface area contributed by atoms with E-state index in [2.05, 4.69) is 10.6 Å². The van der Waals surface area contributed by atoms with E-state index in [1.165, 1.54) is 23.9 Å². The third-order valence-corrected chi connectivity index (χ3v) is 4.65. The number of amides is 2. The summed E-state index contributed by atoms with van der Waals surface area (Å²) in [5.41, 5.74) is 1.36. The van der Waals surface area contributed by atoms with Crippen LogP contribution in [0.1, 0.15) is 13.3 Å². The number of hydrogen-bond donors (Lipinski definition) is 3. The van der Waals surface area contributed by atoms with Crippen LogP contribution in [0.25, 0.3) is 0 Å². The van der Waals surface area contributed by atoms with E-state index in [9.17, 15) is 14.7 Å². The molecule has 0 fully saturated rings. The minimum atomic E-state index is -0.319. The van der Waals surface area contributed by atoms with Crippen molar-refractivity contribution in [2.45, 2.75) is 18.6 Å². The average molecular weight is 344 g/mol. The molecule has 0 spiro atoms. The van der Waals surface area contributed by atoms with Gasteiger partial charge in [0.1, 0.15) is 5.75 Å². The van der Waals surface area contributed by atoms with Gasteiger partial charge in [-0.3, -0.25) is 9.59 Å². The normalized spacial score (nSPS) is 11.5. The first-order valence-electron chi connectivity index (χ1n) is 7.65. The van der Waals surface area contributed by atoms with Gasteiger partial charge < -0.3 is 15.7 Å². The van der Waals surface area contributed by atoms with E-state index in [1.807, 2.05) is 37.3 Å². The number of carbonyl (C=O) groups excluding carboxylic acids is 2. The predicted octanol–water partition coefficient (Wildman–Crippen LogP) is 3.48. The molecule has 0 aromatic heterocycles. The fraction of sp³-hybridized carbons (Fsp3) is 0.222. The summed E-state index contributed by atoms with van der Waals surface area (Å²) in [5, 5.41) is 14.5. The fourth-order valence-electron chi connectivity index (χ4n) is 2.04. The van der Waals surface area contributed by atoms with Gasteiger partial charge in [0.15, 0.2) is 0 Å². The molecule has 1 unspecified atom stereocenters. The Hall–Kier alpha value is -2.47. The minimum Gasteiger partial charge on any atom is -0.508 e. The van der Waals surface area contributed by atoms with Crippen LogP contribution in [0.2, 0.25) is 0 Å². The van der Waals surface area contributed by atoms with Crippen LogP contribution in [0.3, 0.4) is 0 Å². The Balaban J connectivity index is 1.83. The second-order valence-electron chi connectivity index (χ2n) is 5.16. The molecule has 126 valence electrons. The molecule has 2 amide bonds. The lowest BCUT2D eigenvalue weighted by atomic mass is 10.2. The Morgan fingerprint density at radius 2 is 1.62 bits per heavy atom. The van der Waals surface area contributed by atoms with Crippen LogP contribution in [0.5, 0.6) is 5.75 Å². The summed E-state index contributed by atoms with van der Waals surface area (Å²) in [6.07, 6.45) is 0.618. The summed E-state index contributed by atoms with van der Waals surface area (Å²) in [6.45, 7) is 1.91. The van der Waals surface area contributed by atoms with Crippen LogP contribution in [-0.2, 0) is 9.59 Å². The highest BCUT2D eigenvalue weighted by Gasteiger charge is 2.18. The number of rotatable bonds is 7. The van der Waals surface area contributed by atoms with Crippen molar-refractivity contribution in [2.24, 2.45) is 0 Å². The highest BCUT2D eigenvalue weighted by atomic mass is 32.2. The number of nitrogens with one attached hydrogen (secondary N) is 2. The lowest BCUT2D eigenvalue weighted by molar-refractivity contribution is -0.115. The molecular weight excluding hydrogens is 324 g/mol. The van der Waals surface area contributed by atoms with Gasteiger partial charge in [-0.1, -0.05) is 25.1 Å². The van der Waals surface area contributed by atoms with E-state index in [-0.39, 0.29) is 28.6 Å². The molecule has 24 heavy (non-hydrogen) atoms. The van der Waals surface area contributed by atoms with Crippen molar-refractivity contribution in [2.75, 3.05) is 16.4 Å². The zero-order valence-electron chi connectivity index (χ0n) is 13.4. The van der Waals surface area contributed by atoms with Crippen LogP contribution in [0, 0.1) is 0 Å². The van der Waals surface area contributed by atoms with E-state index in [0.717, 1.165) is 5.69 Å². The van der Waals surface area contributed by atoms with Crippen molar-refractivity contribution in [3.8, 4) is 5.75 Å². The summed E-state index contributed by atoms with van der Waals surface area (Å²) in [5.74, 6) is 0.0610. The summed E-state index contributed by atoms with van der Waals surface area (Å²) >= 11 is 1.31. The number of carbonyl (C=O) groups is 2. The second-order valence-corrected chi connectivity index (χ2v) is 6.35. The van der Waals surface area contributed by atoms with Crippen LogP contribution < -0.4 is 10.6 Å². The average Bonchev–Trinajstić information content (AvgIpc) is 2.58. The number of anilines is 2. The maximum absolute atomic E-state index is 12.3. The van der Waals surface area contributed by atoms with Gasteiger partial charge in [0.2, 0.25) is 11.8 Å². The Morgan fingerprint density at radius 1 is 1.00 bits per heavy atom. The minimum absolute atomic E-state index is 0.137. The highest BCUT2D eigenvalue weighted by molar-refractivity contribution is 8.01. The maximum atomic E-state index is 12.3. The number of phenols is 1. The van der Waals surface area contributed by atoms with Crippen molar-refractivity contribution < 1.29 is 14.7 Å².